The second-order valence-corrected chi connectivity index (χ2v) is 3.63. The van der Waals surface area contributed by atoms with E-state index in [4.69, 9.17) is 15.6 Å². The summed E-state index contributed by atoms with van der Waals surface area (Å²) in [4.78, 5) is 2.37. The second kappa shape index (κ2) is 10.4. The summed E-state index contributed by atoms with van der Waals surface area (Å²) in [6.45, 7) is 8.13. The van der Waals surface area contributed by atoms with Gasteiger partial charge in [0.25, 0.3) is 0 Å². The molecule has 0 atom stereocenters. The van der Waals surface area contributed by atoms with Gasteiger partial charge in [-0.15, -0.1) is 0 Å². The number of nitrogens with zero attached hydrogens (tertiary/aromatic N) is 1. The molecule has 0 heterocycles. The van der Waals surface area contributed by atoms with Crippen molar-refractivity contribution in [3.8, 4) is 0 Å². The van der Waals surface area contributed by atoms with Crippen molar-refractivity contribution in [3.05, 3.63) is 0 Å². The maximum Gasteiger partial charge on any atom is 0.0698 e. The standard InChI is InChI=1S/C11H26N2O2/c1-3-11(4-2)13(6-5-12)7-9-15-10-8-14/h11,14H,3-10,12H2,1-2H3. The van der Waals surface area contributed by atoms with E-state index in [0.29, 0.717) is 25.8 Å². The van der Waals surface area contributed by atoms with Crippen LogP contribution in [0.25, 0.3) is 0 Å². The van der Waals surface area contributed by atoms with Crippen molar-refractivity contribution >= 4 is 0 Å². The molecule has 0 saturated carbocycles. The van der Waals surface area contributed by atoms with Gasteiger partial charge in [-0.3, -0.25) is 4.90 Å². The van der Waals surface area contributed by atoms with Crippen molar-refractivity contribution in [1.82, 2.24) is 4.90 Å². The van der Waals surface area contributed by atoms with E-state index in [1.165, 1.54) is 0 Å². The predicted molar refractivity (Wildman–Crippen MR) is 62.9 cm³/mol. The van der Waals surface area contributed by atoms with Gasteiger partial charge in [0.2, 0.25) is 0 Å². The summed E-state index contributed by atoms with van der Waals surface area (Å²) in [5, 5.41) is 8.58. The van der Waals surface area contributed by atoms with Crippen molar-refractivity contribution in [2.45, 2.75) is 32.7 Å². The Kier molecular flexibility index (Phi) is 10.3. The Hall–Kier alpha value is -0.160. The Morgan fingerprint density at radius 1 is 1.20 bits per heavy atom. The maximum absolute atomic E-state index is 8.58. The average molecular weight is 218 g/mol. The molecule has 0 aromatic rings. The number of nitrogens with two attached hydrogens (primary N) is 1. The van der Waals surface area contributed by atoms with Gasteiger partial charge in [-0.25, -0.2) is 0 Å². The van der Waals surface area contributed by atoms with E-state index in [0.717, 1.165) is 25.9 Å². The molecule has 4 nitrogen and oxygen atoms in total. The van der Waals surface area contributed by atoms with E-state index in [1.54, 1.807) is 0 Å². The monoisotopic (exact) mass is 218 g/mol. The molecule has 0 aliphatic rings. The van der Waals surface area contributed by atoms with Crippen molar-refractivity contribution in [2.75, 3.05) is 39.5 Å². The first-order valence-electron chi connectivity index (χ1n) is 5.92. The number of hydrogen-bond acceptors (Lipinski definition) is 4. The number of hydrogen-bond donors (Lipinski definition) is 2. The molecule has 0 amide bonds. The molecule has 3 N–H and O–H groups in total. The predicted octanol–water partition coefficient (Wildman–Crippen LogP) is 0.445. The Bertz CT molecular complexity index is 130. The summed E-state index contributed by atoms with van der Waals surface area (Å²) in [5.41, 5.74) is 5.58. The first kappa shape index (κ1) is 14.8. The van der Waals surface area contributed by atoms with E-state index in [2.05, 4.69) is 18.7 Å². The van der Waals surface area contributed by atoms with Crippen LogP contribution in [0.15, 0.2) is 0 Å². The highest BCUT2D eigenvalue weighted by Crippen LogP contribution is 2.07. The van der Waals surface area contributed by atoms with Crippen LogP contribution in [0.1, 0.15) is 26.7 Å². The summed E-state index contributed by atoms with van der Waals surface area (Å²) >= 11 is 0. The molecule has 0 fully saturated rings. The summed E-state index contributed by atoms with van der Waals surface area (Å²) in [6, 6.07) is 0.603. The molecule has 0 rings (SSSR count). The van der Waals surface area contributed by atoms with Crippen LogP contribution in [0, 0.1) is 0 Å². The van der Waals surface area contributed by atoms with Crippen LogP contribution in [0.5, 0.6) is 0 Å². The molecule has 0 spiro atoms. The highest BCUT2D eigenvalue weighted by Gasteiger charge is 2.13. The molecular weight excluding hydrogens is 192 g/mol. The van der Waals surface area contributed by atoms with E-state index >= 15 is 0 Å². The molecule has 0 aromatic heterocycles. The van der Waals surface area contributed by atoms with Gasteiger partial charge in [0.1, 0.15) is 0 Å². The Balaban J connectivity index is 3.80. The van der Waals surface area contributed by atoms with Crippen LogP contribution in [0.2, 0.25) is 0 Å². The third kappa shape index (κ3) is 6.84. The first-order valence-corrected chi connectivity index (χ1v) is 5.92. The minimum atomic E-state index is 0.0991. The quantitative estimate of drug-likeness (QED) is 0.523. The molecule has 0 radical (unpaired) electrons. The van der Waals surface area contributed by atoms with Gasteiger partial charge in [-0.1, -0.05) is 13.8 Å². The van der Waals surface area contributed by atoms with Gasteiger partial charge in [0.05, 0.1) is 19.8 Å². The zero-order valence-corrected chi connectivity index (χ0v) is 10.1. The second-order valence-electron chi connectivity index (χ2n) is 3.63. The zero-order valence-electron chi connectivity index (χ0n) is 10.1. The smallest absolute Gasteiger partial charge is 0.0698 e. The molecule has 4 heteroatoms. The lowest BCUT2D eigenvalue weighted by molar-refractivity contribution is 0.0625. The topological polar surface area (TPSA) is 58.7 Å². The Labute approximate surface area is 93.4 Å². The molecule has 0 aliphatic carbocycles. The van der Waals surface area contributed by atoms with Gasteiger partial charge in [-0.05, 0) is 12.8 Å². The fraction of sp³-hybridized carbons (Fsp3) is 1.00. The van der Waals surface area contributed by atoms with Crippen LogP contribution >= 0.6 is 0 Å². The lowest BCUT2D eigenvalue weighted by Crippen LogP contribution is -2.40. The minimum Gasteiger partial charge on any atom is -0.394 e. The first-order chi connectivity index (χ1) is 7.29. The molecule has 15 heavy (non-hydrogen) atoms. The third-order valence-corrected chi connectivity index (χ3v) is 2.63. The van der Waals surface area contributed by atoms with Crippen LogP contribution in [0.4, 0.5) is 0 Å². The van der Waals surface area contributed by atoms with Crippen molar-refractivity contribution in [1.29, 1.82) is 0 Å². The normalized spacial score (nSPS) is 11.6. The fourth-order valence-corrected chi connectivity index (χ4v) is 1.80. The zero-order chi connectivity index (χ0) is 11.5. The highest BCUT2D eigenvalue weighted by molar-refractivity contribution is 4.69. The van der Waals surface area contributed by atoms with E-state index in [1.807, 2.05) is 0 Å². The minimum absolute atomic E-state index is 0.0991. The maximum atomic E-state index is 8.58. The summed E-state index contributed by atoms with van der Waals surface area (Å²) < 4.78 is 5.27. The van der Waals surface area contributed by atoms with Crippen molar-refractivity contribution < 1.29 is 9.84 Å². The van der Waals surface area contributed by atoms with Crippen LogP contribution < -0.4 is 5.73 Å². The van der Waals surface area contributed by atoms with E-state index in [-0.39, 0.29) is 6.61 Å². The summed E-state index contributed by atoms with van der Waals surface area (Å²) in [7, 11) is 0. The molecule has 0 unspecified atom stereocenters. The van der Waals surface area contributed by atoms with Gasteiger partial charge < -0.3 is 15.6 Å². The van der Waals surface area contributed by atoms with Crippen LogP contribution in [0.3, 0.4) is 0 Å². The molecule has 0 aromatic carbocycles. The molecule has 92 valence electrons. The average Bonchev–Trinajstić information content (AvgIpc) is 2.26. The summed E-state index contributed by atoms with van der Waals surface area (Å²) in [5.74, 6) is 0. The van der Waals surface area contributed by atoms with Gasteiger partial charge in [0.15, 0.2) is 0 Å². The van der Waals surface area contributed by atoms with Crippen molar-refractivity contribution in [2.24, 2.45) is 5.73 Å². The highest BCUT2D eigenvalue weighted by atomic mass is 16.5. The number of aliphatic hydroxyl groups excluding tert-OH is 1. The SMILES string of the molecule is CCC(CC)N(CCN)CCOCCO. The van der Waals surface area contributed by atoms with Gasteiger partial charge >= 0.3 is 0 Å². The largest absolute Gasteiger partial charge is 0.394 e. The summed E-state index contributed by atoms with van der Waals surface area (Å²) in [6.07, 6.45) is 2.30. The Morgan fingerprint density at radius 2 is 1.87 bits per heavy atom. The molecule has 0 aliphatic heterocycles. The number of rotatable bonds is 10. The number of aliphatic hydroxyl groups is 1. The fourth-order valence-electron chi connectivity index (χ4n) is 1.80. The van der Waals surface area contributed by atoms with Crippen LogP contribution in [-0.4, -0.2) is 55.5 Å². The van der Waals surface area contributed by atoms with Gasteiger partial charge in [0, 0.05) is 25.7 Å². The molecule has 0 saturated heterocycles. The van der Waals surface area contributed by atoms with Crippen LogP contribution in [-0.2, 0) is 4.74 Å². The van der Waals surface area contributed by atoms with Crippen molar-refractivity contribution in [3.63, 3.8) is 0 Å². The van der Waals surface area contributed by atoms with E-state index in [9.17, 15) is 0 Å². The molecule has 0 bridgehead atoms. The lowest BCUT2D eigenvalue weighted by atomic mass is 10.1. The molecular formula is C11H26N2O2. The van der Waals surface area contributed by atoms with E-state index < -0.39 is 0 Å². The lowest BCUT2D eigenvalue weighted by Gasteiger charge is -2.29. The third-order valence-electron chi connectivity index (χ3n) is 2.63. The Morgan fingerprint density at radius 3 is 2.33 bits per heavy atom. The number of ether oxygens (including phenoxy) is 1. The van der Waals surface area contributed by atoms with Gasteiger partial charge in [-0.2, -0.15) is 0 Å².